The summed E-state index contributed by atoms with van der Waals surface area (Å²) < 4.78 is 22.1. The normalized spacial score (nSPS) is 25.8. The minimum absolute atomic E-state index is 0. The van der Waals surface area contributed by atoms with Crippen molar-refractivity contribution in [2.24, 2.45) is 0 Å². The molecule has 0 aromatic rings. The zero-order valence-electron chi connectivity index (χ0n) is 6.74. The van der Waals surface area contributed by atoms with Crippen LogP contribution in [-0.2, 0) is 22.5 Å². The van der Waals surface area contributed by atoms with Crippen LogP contribution in [0.25, 0.3) is 0 Å². The van der Waals surface area contributed by atoms with Gasteiger partial charge in [0.25, 0.3) is 0 Å². The number of thiocarbonyl (C=S) groups is 1. The van der Waals surface area contributed by atoms with Crippen molar-refractivity contribution in [3.63, 3.8) is 0 Å². The molecule has 1 atom stereocenters. The van der Waals surface area contributed by atoms with E-state index in [0.717, 1.165) is 0 Å². The maximum Gasteiger partial charge on any atom is 0.152 e. The number of nitrogens with one attached hydrogen (secondary N) is 1. The molecule has 0 aromatic heterocycles. The van der Waals surface area contributed by atoms with Gasteiger partial charge in [0.05, 0.1) is 11.5 Å². The molecule has 0 aliphatic carbocycles. The van der Waals surface area contributed by atoms with Crippen LogP contribution in [0.4, 0.5) is 0 Å². The van der Waals surface area contributed by atoms with Crippen molar-refractivity contribution in [3.8, 4) is 0 Å². The van der Waals surface area contributed by atoms with Crippen LogP contribution in [0.15, 0.2) is 0 Å². The van der Waals surface area contributed by atoms with Crippen molar-refractivity contribution in [1.82, 2.24) is 11.5 Å². The summed E-state index contributed by atoms with van der Waals surface area (Å²) in [6.45, 7) is 0. The van der Waals surface area contributed by atoms with Crippen LogP contribution in [0.2, 0.25) is 0 Å². The summed E-state index contributed by atoms with van der Waals surface area (Å²) in [4.78, 5) is 0. The first-order chi connectivity index (χ1) is 4.99. The third kappa shape index (κ3) is 3.61. The Kier molecular flexibility index (Phi) is 4.32. The third-order valence-electron chi connectivity index (χ3n) is 1.55. The molecule has 4 nitrogen and oxygen atoms in total. The molecule has 5 N–H and O–H groups in total. The summed E-state index contributed by atoms with van der Waals surface area (Å²) in [5, 5.41) is 2.76. The van der Waals surface area contributed by atoms with Gasteiger partial charge in [-0.05, 0) is 6.42 Å². The predicted molar refractivity (Wildman–Crippen MR) is 56.1 cm³/mol. The molecular weight excluding hydrogens is 216 g/mol. The zero-order valence-corrected chi connectivity index (χ0v) is 9.19. The number of quaternary nitrogens is 1. The molecule has 1 saturated heterocycles. The van der Waals surface area contributed by atoms with Gasteiger partial charge in [-0.3, -0.25) is 0 Å². The molecule has 7 heteroatoms. The van der Waals surface area contributed by atoms with E-state index in [0.29, 0.717) is 6.42 Å². The van der Waals surface area contributed by atoms with Gasteiger partial charge in [0.1, 0.15) is 0 Å². The molecule has 1 heterocycles. The van der Waals surface area contributed by atoms with Crippen LogP contribution in [0, 0.1) is 0 Å². The lowest BCUT2D eigenvalue weighted by molar-refractivity contribution is 0.600. The van der Waals surface area contributed by atoms with Crippen molar-refractivity contribution >= 4 is 39.0 Å². The fraction of sp³-hybridized carbons (Fsp3) is 0.800. The van der Waals surface area contributed by atoms with E-state index in [-0.39, 0.29) is 28.0 Å². The molecule has 1 fully saturated rings. The Bertz CT molecular complexity index is 262. The molecule has 1 aliphatic rings. The van der Waals surface area contributed by atoms with E-state index in [2.05, 4.69) is 30.2 Å². The molecule has 0 bridgehead atoms. The van der Waals surface area contributed by atoms with E-state index >= 15 is 0 Å². The van der Waals surface area contributed by atoms with Crippen LogP contribution < -0.4 is 11.5 Å². The maximum absolute atomic E-state index is 10.9. The van der Waals surface area contributed by atoms with Crippen molar-refractivity contribution in [3.05, 3.63) is 0 Å². The second-order valence-corrected chi connectivity index (χ2v) is 5.84. The highest BCUT2D eigenvalue weighted by Gasteiger charge is 2.26. The van der Waals surface area contributed by atoms with Crippen molar-refractivity contribution < 1.29 is 8.42 Å². The Morgan fingerprint density at radius 2 is 2.17 bits per heavy atom. The summed E-state index contributed by atoms with van der Waals surface area (Å²) in [5.74, 6) is 0.423. The van der Waals surface area contributed by atoms with Gasteiger partial charge in [0, 0.05) is 6.04 Å². The summed E-state index contributed by atoms with van der Waals surface area (Å²) in [6.07, 6.45) is 0.624. The van der Waals surface area contributed by atoms with Gasteiger partial charge in [-0.25, -0.2) is 8.42 Å². The highest BCUT2D eigenvalue weighted by atomic mass is 32.2. The topological polar surface area (TPSA) is 82.7 Å². The number of hydrogen-bond donors (Lipinski definition) is 2. The number of hydrogen-bond acceptors (Lipinski definition) is 4. The smallest absolute Gasteiger partial charge is 0.152 e. The summed E-state index contributed by atoms with van der Waals surface area (Å²) in [6, 6.07) is -0.0509. The highest BCUT2D eigenvalue weighted by molar-refractivity contribution is 8.00. The Morgan fingerprint density at radius 3 is 2.50 bits per heavy atom. The van der Waals surface area contributed by atoms with Gasteiger partial charge < -0.3 is 36.3 Å². The summed E-state index contributed by atoms with van der Waals surface area (Å²) >= 11 is 9.23. The first-order valence-electron chi connectivity index (χ1n) is 3.17. The predicted octanol–water partition coefficient (Wildman–Crippen LogP) is -0.0289. The molecule has 0 aromatic carbocycles. The fourth-order valence-electron chi connectivity index (χ4n) is 1.08. The minimum Gasteiger partial charge on any atom is -0.412 e. The lowest BCUT2D eigenvalue weighted by Crippen LogP contribution is -2.33. The van der Waals surface area contributed by atoms with Crippen LogP contribution in [0.3, 0.4) is 0 Å². The van der Waals surface area contributed by atoms with E-state index in [1.807, 2.05) is 0 Å². The van der Waals surface area contributed by atoms with Crippen LogP contribution >= 0.6 is 12.2 Å². The van der Waals surface area contributed by atoms with Gasteiger partial charge in [-0.2, -0.15) is 0 Å². The largest absolute Gasteiger partial charge is 0.412 e. The molecule has 0 spiro atoms. The van der Waals surface area contributed by atoms with Crippen LogP contribution in [0.1, 0.15) is 6.42 Å². The SMILES string of the molecule is O=S1(=O)CCC(NC(=S)[S-])C1.[NH4+]. The fourth-order valence-corrected chi connectivity index (χ4v) is 3.08. The van der Waals surface area contributed by atoms with E-state index < -0.39 is 9.84 Å². The third-order valence-corrected chi connectivity index (χ3v) is 3.56. The Labute approximate surface area is 83.0 Å². The summed E-state index contributed by atoms with van der Waals surface area (Å²) in [5.41, 5.74) is 0. The van der Waals surface area contributed by atoms with Gasteiger partial charge in [0.2, 0.25) is 0 Å². The molecule has 72 valence electrons. The van der Waals surface area contributed by atoms with E-state index in [9.17, 15) is 8.42 Å². The van der Waals surface area contributed by atoms with Crippen molar-refractivity contribution in [2.45, 2.75) is 12.5 Å². The number of sulfone groups is 1. The van der Waals surface area contributed by atoms with Gasteiger partial charge in [-0.15, -0.1) is 0 Å². The molecule has 1 rings (SSSR count). The number of rotatable bonds is 1. The lowest BCUT2D eigenvalue weighted by atomic mass is 10.3. The Morgan fingerprint density at radius 1 is 1.58 bits per heavy atom. The average molecular weight is 228 g/mol. The van der Waals surface area contributed by atoms with E-state index in [1.54, 1.807) is 0 Å². The van der Waals surface area contributed by atoms with Crippen LogP contribution in [-0.4, -0.2) is 30.3 Å². The average Bonchev–Trinajstić information content (AvgIpc) is 2.08. The highest BCUT2D eigenvalue weighted by Crippen LogP contribution is 2.10. The lowest BCUT2D eigenvalue weighted by Gasteiger charge is -2.14. The standard InChI is InChI=1S/C5H9NO2S3.H3N/c7-11(8)2-1-4(3-11)6-5(9)10;/h4H,1-3H2,(H2,6,9,10);1H3. The molecule has 1 aliphatic heterocycles. The van der Waals surface area contributed by atoms with Crippen molar-refractivity contribution in [2.75, 3.05) is 11.5 Å². The second kappa shape index (κ2) is 4.31. The maximum atomic E-state index is 10.9. The molecule has 0 amide bonds. The zero-order chi connectivity index (χ0) is 8.48. The quantitative estimate of drug-likeness (QED) is 0.486. The Hall–Kier alpha value is 0.0200. The molecule has 1 unspecified atom stereocenters. The molecule has 12 heavy (non-hydrogen) atoms. The molecular formula is C5H12N2O2S3. The Balaban J connectivity index is 0.00000121. The summed E-state index contributed by atoms with van der Waals surface area (Å²) in [7, 11) is -2.81. The van der Waals surface area contributed by atoms with E-state index in [4.69, 9.17) is 0 Å². The monoisotopic (exact) mass is 228 g/mol. The van der Waals surface area contributed by atoms with Crippen LogP contribution in [0.5, 0.6) is 0 Å². The molecule has 0 saturated carbocycles. The van der Waals surface area contributed by atoms with Crippen molar-refractivity contribution in [1.29, 1.82) is 0 Å². The van der Waals surface area contributed by atoms with E-state index in [1.165, 1.54) is 0 Å². The first kappa shape index (κ1) is 12.0. The van der Waals surface area contributed by atoms with Gasteiger partial charge in [0.15, 0.2) is 9.84 Å². The first-order valence-corrected chi connectivity index (χ1v) is 5.81. The minimum atomic E-state index is -2.81. The van der Waals surface area contributed by atoms with Gasteiger partial charge >= 0.3 is 0 Å². The molecule has 0 radical (unpaired) electrons. The van der Waals surface area contributed by atoms with Gasteiger partial charge in [-0.1, -0.05) is 4.32 Å². The second-order valence-electron chi connectivity index (χ2n) is 2.53.